The van der Waals surface area contributed by atoms with Gasteiger partial charge in [-0.3, -0.25) is 12.2 Å². The first-order valence-corrected chi connectivity index (χ1v) is 21.1. The molecule has 0 fully saturated rings. The molecule has 0 nitrogen and oxygen atoms in total. The minimum Gasteiger partial charge on any atom is -1.00 e. The molecule has 284 valence electrons. The molecule has 0 atom stereocenters. The van der Waals surface area contributed by atoms with E-state index in [9.17, 15) is 0 Å². The Labute approximate surface area is 389 Å². The zero-order valence-corrected chi connectivity index (χ0v) is 38.4. The number of fused-ring (bicyclic) bond motifs is 2. The third kappa shape index (κ3) is 13.7. The van der Waals surface area contributed by atoms with E-state index in [0.29, 0.717) is 0 Å². The van der Waals surface area contributed by atoms with E-state index in [1.54, 1.807) is 0 Å². The second-order valence-corrected chi connectivity index (χ2v) is 17.1. The molecule has 58 heavy (non-hydrogen) atoms. The summed E-state index contributed by atoms with van der Waals surface area (Å²) in [5.41, 5.74) is 0. The van der Waals surface area contributed by atoms with Crippen molar-refractivity contribution in [1.29, 1.82) is 0 Å². The average molecular weight is 895 g/mol. The molecule has 0 amide bonds. The van der Waals surface area contributed by atoms with Crippen molar-refractivity contribution in [2.45, 2.75) is 12.8 Å². The van der Waals surface area contributed by atoms with Crippen LogP contribution in [-0.2, 0) is 43.4 Å². The molecule has 2 aliphatic rings. The van der Waals surface area contributed by atoms with Crippen LogP contribution in [0.5, 0.6) is 0 Å². The molecule has 10 rings (SSSR count). The topological polar surface area (TPSA) is 0 Å². The molecule has 6 heteroatoms. The summed E-state index contributed by atoms with van der Waals surface area (Å²) >= 11 is 0. The van der Waals surface area contributed by atoms with Gasteiger partial charge in [0.1, 0.15) is 0 Å². The van der Waals surface area contributed by atoms with Gasteiger partial charge in [0.15, 0.2) is 0 Å². The van der Waals surface area contributed by atoms with Crippen molar-refractivity contribution >= 4 is 69.2 Å². The van der Waals surface area contributed by atoms with Crippen molar-refractivity contribution in [3.63, 3.8) is 0 Å². The molecule has 0 radical (unpaired) electrons. The largest absolute Gasteiger partial charge is 2.00 e. The zero-order chi connectivity index (χ0) is 36.6. The summed E-state index contributed by atoms with van der Waals surface area (Å²) in [7, 11) is -0.986. The van der Waals surface area contributed by atoms with Crippen LogP contribution in [0.2, 0.25) is 0 Å². The summed E-state index contributed by atoms with van der Waals surface area (Å²) in [5.74, 6) is 0. The third-order valence-electron chi connectivity index (χ3n) is 8.95. The summed E-state index contributed by atoms with van der Waals surface area (Å²) < 4.78 is 0. The first kappa shape index (κ1) is 48.7. The Morgan fingerprint density at radius 2 is 0.672 bits per heavy atom. The predicted octanol–water partition coefficient (Wildman–Crippen LogP) is 5.25. The van der Waals surface area contributed by atoms with E-state index in [1.807, 2.05) is 24.3 Å². The molecule has 0 spiro atoms. The van der Waals surface area contributed by atoms with E-state index in [1.165, 1.54) is 53.4 Å². The summed E-state index contributed by atoms with van der Waals surface area (Å²) in [6.07, 6.45) is 20.0. The van der Waals surface area contributed by atoms with Gasteiger partial charge in [0.2, 0.25) is 0 Å². The van der Waals surface area contributed by atoms with Gasteiger partial charge < -0.3 is 24.8 Å². The monoisotopic (exact) mass is 894 g/mol. The summed E-state index contributed by atoms with van der Waals surface area (Å²) in [4.78, 5) is 0. The minimum absolute atomic E-state index is 0. The van der Waals surface area contributed by atoms with E-state index in [-0.39, 0.29) is 68.2 Å². The van der Waals surface area contributed by atoms with Gasteiger partial charge in [-0.25, -0.2) is 24.3 Å². The molecular weight excluding hydrogens is 853 g/mol. The molecule has 0 heterocycles. The van der Waals surface area contributed by atoms with E-state index in [0.717, 1.165) is 12.8 Å². The molecule has 0 bridgehead atoms. The van der Waals surface area contributed by atoms with Gasteiger partial charge in [0.25, 0.3) is 0 Å². The van der Waals surface area contributed by atoms with Crippen LogP contribution in [0.3, 0.4) is 0 Å². The normalized spacial score (nSPS) is 11.5. The van der Waals surface area contributed by atoms with E-state index < -0.39 is 15.8 Å². The van der Waals surface area contributed by atoms with Gasteiger partial charge in [0, 0.05) is 0 Å². The molecule has 0 unspecified atom stereocenters. The first-order chi connectivity index (χ1) is 26.8. The smallest absolute Gasteiger partial charge is 1.00 e. The Hall–Kier alpha value is -3.63. The molecule has 0 saturated heterocycles. The van der Waals surface area contributed by atoms with Crippen LogP contribution in [0.1, 0.15) is 12.8 Å². The fourth-order valence-electron chi connectivity index (χ4n) is 6.41. The van der Waals surface area contributed by atoms with Gasteiger partial charge in [0.05, 0.1) is 0 Å². The summed E-state index contributed by atoms with van der Waals surface area (Å²) in [6, 6.07) is 70.0. The Bertz CT molecular complexity index is 2110. The average Bonchev–Trinajstić information content (AvgIpc) is 4.10. The maximum absolute atomic E-state index is 2.99. The van der Waals surface area contributed by atoms with Crippen LogP contribution < -0.4 is 56.6 Å². The van der Waals surface area contributed by atoms with Gasteiger partial charge in [-0.2, -0.15) is 24.3 Å². The standard InChI is InChI=1S/2C21H16P.2C5H5.2ClH.2Ti/c2*1-3-11-19(12-4-1)22(20-13-5-2-6-14-20)21-15-17-9-7-8-10-18(17)16-21;2*1-2-4-5-3-1;;;;/h2*1-16H;2*1-3H,4H2;2*1H;;/q4*-1;;;2*+2/p-2. The van der Waals surface area contributed by atoms with Crippen LogP contribution in [0.15, 0.2) is 231 Å². The van der Waals surface area contributed by atoms with Crippen molar-refractivity contribution < 1.29 is 68.2 Å². The number of hydrogen-bond donors (Lipinski definition) is 0. The number of benzene rings is 6. The predicted molar refractivity (Wildman–Crippen MR) is 240 cm³/mol. The molecule has 0 aliphatic heterocycles. The number of hydrogen-bond acceptors (Lipinski definition) is 0. The Balaban J connectivity index is 0.000000237. The van der Waals surface area contributed by atoms with E-state index in [4.69, 9.17) is 0 Å². The fourth-order valence-corrected chi connectivity index (χ4v) is 11.2. The van der Waals surface area contributed by atoms with Crippen molar-refractivity contribution in [2.75, 3.05) is 0 Å². The van der Waals surface area contributed by atoms with Gasteiger partial charge in [-0.1, -0.05) is 133 Å². The SMILES string of the molecule is [C-]1=CC=CC1.[C-]1=CC=CC1.[Cl-].[Cl-].[Ti+2].[Ti+2].c1ccc(P(c2ccccc2)c2cc3ccccc3[cH-]2)cc1.c1ccc(P(c2ccccc2)c2cc3ccccc3[cH-]2)cc1. The van der Waals surface area contributed by atoms with E-state index >= 15 is 0 Å². The maximum Gasteiger partial charge on any atom is 2.00 e. The summed E-state index contributed by atoms with van der Waals surface area (Å²) in [6.45, 7) is 0. The van der Waals surface area contributed by atoms with Crippen molar-refractivity contribution in [2.24, 2.45) is 0 Å². The van der Waals surface area contributed by atoms with Crippen LogP contribution in [0, 0.1) is 12.2 Å². The van der Waals surface area contributed by atoms with Crippen LogP contribution >= 0.6 is 15.8 Å². The Morgan fingerprint density at radius 3 is 0.914 bits per heavy atom. The van der Waals surface area contributed by atoms with Crippen LogP contribution in [0.4, 0.5) is 0 Å². The number of rotatable bonds is 6. The van der Waals surface area contributed by atoms with Crippen molar-refractivity contribution in [3.8, 4) is 0 Å². The fraction of sp³-hybridized carbons (Fsp3) is 0.0385. The second-order valence-electron chi connectivity index (χ2n) is 12.7. The van der Waals surface area contributed by atoms with Crippen molar-refractivity contribution in [3.05, 3.63) is 243 Å². The van der Waals surface area contributed by atoms with E-state index in [2.05, 4.69) is 218 Å². The van der Waals surface area contributed by atoms with Crippen molar-refractivity contribution in [1.82, 2.24) is 0 Å². The number of halogens is 2. The Morgan fingerprint density at radius 1 is 0.379 bits per heavy atom. The summed E-state index contributed by atoms with van der Waals surface area (Å²) in [5, 5.41) is 13.8. The third-order valence-corrected chi connectivity index (χ3v) is 13.8. The van der Waals surface area contributed by atoms with Gasteiger partial charge in [-0.15, -0.1) is 93.5 Å². The minimum atomic E-state index is -0.493. The maximum atomic E-state index is 2.99. The Kier molecular flexibility index (Phi) is 22.2. The first-order valence-electron chi connectivity index (χ1n) is 18.4. The molecular formula is C52H42Cl2P2Ti2-2. The molecule has 0 aromatic heterocycles. The quantitative estimate of drug-likeness (QED) is 0.122. The molecule has 8 aromatic carbocycles. The van der Waals surface area contributed by atoms with Gasteiger partial charge in [-0.05, 0) is 37.1 Å². The number of allylic oxidation sites excluding steroid dienone is 8. The van der Waals surface area contributed by atoms with Gasteiger partial charge >= 0.3 is 43.4 Å². The van der Waals surface area contributed by atoms with Crippen LogP contribution in [-0.4, -0.2) is 0 Å². The molecule has 0 saturated carbocycles. The zero-order valence-electron chi connectivity index (χ0n) is 32.0. The molecule has 2 aliphatic carbocycles. The molecule has 0 N–H and O–H groups in total. The second kappa shape index (κ2) is 26.5. The molecule has 8 aromatic rings. The van der Waals surface area contributed by atoms with Crippen LogP contribution in [0.25, 0.3) is 21.5 Å².